The predicted octanol–water partition coefficient (Wildman–Crippen LogP) is 2.59. The van der Waals surface area contributed by atoms with Crippen LogP contribution in [0.4, 0.5) is 0 Å². The minimum Gasteiger partial charge on any atom is -0.480 e. The number of carboxylic acids is 1. The topological polar surface area (TPSA) is 66.4 Å². The molecule has 0 fully saturated rings. The van der Waals surface area contributed by atoms with Gasteiger partial charge in [0.25, 0.3) is 0 Å². The Kier molecular flexibility index (Phi) is 7.63. The Labute approximate surface area is 119 Å². The molecule has 0 aromatic carbocycles. The van der Waals surface area contributed by atoms with Crippen LogP contribution in [-0.2, 0) is 9.59 Å². The lowest BCUT2D eigenvalue weighted by molar-refractivity contribution is -0.141. The van der Waals surface area contributed by atoms with Crippen LogP contribution >= 0.6 is 11.8 Å². The molecule has 1 aliphatic carbocycles. The van der Waals surface area contributed by atoms with Crippen LogP contribution in [0.1, 0.15) is 45.4 Å². The molecule has 0 radical (unpaired) electrons. The molecule has 5 heteroatoms. The predicted molar refractivity (Wildman–Crippen MR) is 78.3 cm³/mol. The average Bonchev–Trinajstić information content (AvgIpc) is 2.29. The number of carbonyl (C=O) groups excluding carboxylic acids is 1. The lowest BCUT2D eigenvalue weighted by Gasteiger charge is -2.17. The number of amides is 1. The van der Waals surface area contributed by atoms with Crippen molar-refractivity contribution in [2.75, 3.05) is 5.75 Å². The molecule has 2 atom stereocenters. The number of thioether (sulfide) groups is 1. The van der Waals surface area contributed by atoms with Crippen LogP contribution in [0.2, 0.25) is 0 Å². The van der Waals surface area contributed by atoms with Crippen LogP contribution in [0.15, 0.2) is 12.2 Å². The quantitative estimate of drug-likeness (QED) is 0.736. The fraction of sp³-hybridized carbons (Fsp3) is 0.714. The summed E-state index contributed by atoms with van der Waals surface area (Å²) in [4.78, 5) is 21.9. The van der Waals surface area contributed by atoms with Gasteiger partial charge in [0.15, 0.2) is 0 Å². The molecular formula is C14H23NO3S. The zero-order valence-electron chi connectivity index (χ0n) is 11.4. The highest BCUT2D eigenvalue weighted by atomic mass is 32.2. The maximum absolute atomic E-state index is 11.0. The SMILES string of the molecule is CC(=O)NC(CCSC1/C=C/CCCCC1)C(=O)O. The lowest BCUT2D eigenvalue weighted by Crippen LogP contribution is -2.40. The number of aliphatic carboxylic acids is 1. The van der Waals surface area contributed by atoms with Crippen molar-refractivity contribution in [2.45, 2.75) is 56.7 Å². The summed E-state index contributed by atoms with van der Waals surface area (Å²) < 4.78 is 0. The number of hydrogen-bond acceptors (Lipinski definition) is 3. The van der Waals surface area contributed by atoms with Crippen LogP contribution in [0.5, 0.6) is 0 Å². The Morgan fingerprint density at radius 1 is 1.42 bits per heavy atom. The third-order valence-electron chi connectivity index (χ3n) is 3.12. The van der Waals surface area contributed by atoms with Crippen LogP contribution in [0, 0.1) is 0 Å². The molecule has 2 N–H and O–H groups in total. The van der Waals surface area contributed by atoms with Gasteiger partial charge in [0.05, 0.1) is 0 Å². The molecular weight excluding hydrogens is 262 g/mol. The zero-order chi connectivity index (χ0) is 14.1. The first-order valence-corrected chi connectivity index (χ1v) is 7.92. The van der Waals surface area contributed by atoms with E-state index in [0.717, 1.165) is 12.2 Å². The number of carboxylic acid groups (broad SMARTS) is 1. The highest BCUT2D eigenvalue weighted by Crippen LogP contribution is 2.23. The number of allylic oxidation sites excluding steroid dienone is 1. The molecule has 2 unspecified atom stereocenters. The third kappa shape index (κ3) is 7.25. The number of carbonyl (C=O) groups is 2. The van der Waals surface area contributed by atoms with Crippen molar-refractivity contribution in [3.8, 4) is 0 Å². The van der Waals surface area contributed by atoms with Gasteiger partial charge >= 0.3 is 5.97 Å². The fourth-order valence-corrected chi connectivity index (χ4v) is 3.34. The molecule has 0 saturated heterocycles. The Morgan fingerprint density at radius 2 is 2.21 bits per heavy atom. The summed E-state index contributed by atoms with van der Waals surface area (Å²) in [7, 11) is 0. The van der Waals surface area contributed by atoms with Crippen molar-refractivity contribution in [3.63, 3.8) is 0 Å². The zero-order valence-corrected chi connectivity index (χ0v) is 12.2. The average molecular weight is 285 g/mol. The van der Waals surface area contributed by atoms with Gasteiger partial charge in [-0.05, 0) is 31.4 Å². The van der Waals surface area contributed by atoms with E-state index in [1.54, 1.807) is 11.8 Å². The molecule has 0 aromatic rings. The molecule has 0 saturated carbocycles. The van der Waals surface area contributed by atoms with E-state index in [0.29, 0.717) is 11.7 Å². The van der Waals surface area contributed by atoms with E-state index in [4.69, 9.17) is 5.11 Å². The third-order valence-corrected chi connectivity index (χ3v) is 4.42. The molecule has 108 valence electrons. The molecule has 0 aliphatic heterocycles. The van der Waals surface area contributed by atoms with Gasteiger partial charge in [-0.15, -0.1) is 0 Å². The second-order valence-corrected chi connectivity index (χ2v) is 6.20. The van der Waals surface area contributed by atoms with Gasteiger partial charge in [0.1, 0.15) is 6.04 Å². The van der Waals surface area contributed by atoms with Gasteiger partial charge in [0, 0.05) is 12.2 Å². The first-order valence-electron chi connectivity index (χ1n) is 6.87. The largest absolute Gasteiger partial charge is 0.480 e. The second kappa shape index (κ2) is 9.02. The number of hydrogen-bond donors (Lipinski definition) is 2. The van der Waals surface area contributed by atoms with Gasteiger partial charge < -0.3 is 10.4 Å². The minimum absolute atomic E-state index is 0.289. The van der Waals surface area contributed by atoms with E-state index in [2.05, 4.69) is 17.5 Å². The van der Waals surface area contributed by atoms with Crippen LogP contribution < -0.4 is 5.32 Å². The van der Waals surface area contributed by atoms with Crippen molar-refractivity contribution in [3.05, 3.63) is 12.2 Å². The smallest absolute Gasteiger partial charge is 0.326 e. The maximum atomic E-state index is 11.0. The van der Waals surface area contributed by atoms with E-state index in [9.17, 15) is 9.59 Å². The Hall–Kier alpha value is -0.970. The lowest BCUT2D eigenvalue weighted by atomic mass is 10.1. The Bertz CT molecular complexity index is 331. The summed E-state index contributed by atoms with van der Waals surface area (Å²) in [6.45, 7) is 1.35. The van der Waals surface area contributed by atoms with Crippen LogP contribution in [-0.4, -0.2) is 34.0 Å². The van der Waals surface area contributed by atoms with Gasteiger partial charge in [-0.2, -0.15) is 11.8 Å². The van der Waals surface area contributed by atoms with Crippen LogP contribution in [0.3, 0.4) is 0 Å². The summed E-state index contributed by atoms with van der Waals surface area (Å²) in [5.74, 6) is -0.487. The maximum Gasteiger partial charge on any atom is 0.326 e. The summed E-state index contributed by atoms with van der Waals surface area (Å²) in [6.07, 6.45) is 11.1. The van der Waals surface area contributed by atoms with Crippen molar-refractivity contribution in [1.29, 1.82) is 0 Å². The van der Waals surface area contributed by atoms with Crippen molar-refractivity contribution in [2.24, 2.45) is 0 Å². The normalized spacial score (nSPS) is 22.9. The van der Waals surface area contributed by atoms with E-state index in [-0.39, 0.29) is 5.91 Å². The van der Waals surface area contributed by atoms with Crippen molar-refractivity contribution < 1.29 is 14.7 Å². The molecule has 4 nitrogen and oxygen atoms in total. The minimum atomic E-state index is -0.955. The molecule has 1 aliphatic rings. The monoisotopic (exact) mass is 285 g/mol. The summed E-state index contributed by atoms with van der Waals surface area (Å²) >= 11 is 1.79. The van der Waals surface area contributed by atoms with E-state index < -0.39 is 12.0 Å². The van der Waals surface area contributed by atoms with E-state index >= 15 is 0 Å². The molecule has 0 heterocycles. The van der Waals surface area contributed by atoms with Gasteiger partial charge in [-0.3, -0.25) is 4.79 Å². The molecule has 0 spiro atoms. The van der Waals surface area contributed by atoms with E-state index in [1.807, 2.05) is 0 Å². The second-order valence-electron chi connectivity index (χ2n) is 4.86. The number of nitrogens with one attached hydrogen (secondary N) is 1. The molecule has 1 amide bonds. The van der Waals surface area contributed by atoms with Gasteiger partial charge in [0.2, 0.25) is 5.91 Å². The van der Waals surface area contributed by atoms with Crippen molar-refractivity contribution in [1.82, 2.24) is 5.32 Å². The molecule has 0 bridgehead atoms. The van der Waals surface area contributed by atoms with E-state index in [1.165, 1.54) is 32.6 Å². The molecule has 19 heavy (non-hydrogen) atoms. The number of rotatable bonds is 6. The van der Waals surface area contributed by atoms with Crippen molar-refractivity contribution >= 4 is 23.6 Å². The fourth-order valence-electron chi connectivity index (χ4n) is 2.11. The Morgan fingerprint density at radius 3 is 2.89 bits per heavy atom. The highest BCUT2D eigenvalue weighted by Gasteiger charge is 2.18. The Balaban J connectivity index is 2.31. The summed E-state index contributed by atoms with van der Waals surface area (Å²) in [5, 5.41) is 12.0. The van der Waals surface area contributed by atoms with Crippen LogP contribution in [0.25, 0.3) is 0 Å². The molecule has 1 rings (SSSR count). The first kappa shape index (κ1) is 16.1. The summed E-state index contributed by atoms with van der Waals surface area (Å²) in [5.41, 5.74) is 0. The summed E-state index contributed by atoms with van der Waals surface area (Å²) in [6, 6.07) is -0.762. The highest BCUT2D eigenvalue weighted by molar-refractivity contribution is 8.00. The standard InChI is InChI=1S/C14H23NO3S/c1-11(16)15-13(14(17)18)9-10-19-12-7-5-3-2-4-6-8-12/h5,7,12-13H,2-4,6,8-10H2,1H3,(H,15,16)(H,17,18)/b7-5+. The van der Waals surface area contributed by atoms with Gasteiger partial charge in [-0.1, -0.05) is 25.0 Å². The first-order chi connectivity index (χ1) is 9.09. The van der Waals surface area contributed by atoms with Gasteiger partial charge in [-0.25, -0.2) is 4.79 Å². The molecule has 0 aromatic heterocycles.